The molecule has 0 bridgehead atoms. The molecule has 0 rings (SSSR count). The first kappa shape index (κ1) is 29.1. The number of nitrogens with one attached hydrogen (secondary N) is 3. The first-order valence-electron chi connectivity index (χ1n) is 10.8. The lowest BCUT2D eigenvalue weighted by Crippen LogP contribution is -2.55. The van der Waals surface area contributed by atoms with Gasteiger partial charge in [-0.2, -0.15) is 0 Å². The Morgan fingerprint density at radius 1 is 1.03 bits per heavy atom. The molecule has 4 unspecified atom stereocenters. The molecule has 12 nitrogen and oxygen atoms in total. The Labute approximate surface area is 189 Å². The minimum atomic E-state index is -1.14. The van der Waals surface area contributed by atoms with E-state index in [0.717, 1.165) is 0 Å². The van der Waals surface area contributed by atoms with Crippen LogP contribution in [0, 0.1) is 11.8 Å². The van der Waals surface area contributed by atoms with Crippen molar-refractivity contribution < 1.29 is 24.3 Å². The van der Waals surface area contributed by atoms with E-state index in [9.17, 15) is 24.3 Å². The Kier molecular flexibility index (Phi) is 13.6. The summed E-state index contributed by atoms with van der Waals surface area (Å²) in [4.78, 5) is 52.3. The maximum absolute atomic E-state index is 12.6. The number of aliphatic carboxylic acids is 1. The van der Waals surface area contributed by atoms with Gasteiger partial charge in [0.15, 0.2) is 5.96 Å². The molecule has 0 fully saturated rings. The molecule has 32 heavy (non-hydrogen) atoms. The molecule has 4 atom stereocenters. The number of rotatable bonds is 15. The second-order valence-electron chi connectivity index (χ2n) is 8.23. The number of nitrogens with two attached hydrogens (primary N) is 3. The molecule has 184 valence electrons. The molecule has 0 aromatic rings. The van der Waals surface area contributed by atoms with Crippen molar-refractivity contribution in [2.45, 2.75) is 71.5 Å². The number of hydrogen-bond acceptors (Lipinski definition) is 6. The van der Waals surface area contributed by atoms with E-state index < -0.39 is 48.4 Å². The van der Waals surface area contributed by atoms with Crippen molar-refractivity contribution in [3.63, 3.8) is 0 Å². The van der Waals surface area contributed by atoms with Crippen LogP contribution in [0.15, 0.2) is 4.99 Å². The molecular formula is C20H39N7O5. The molecule has 0 aliphatic carbocycles. The van der Waals surface area contributed by atoms with Gasteiger partial charge in [0.05, 0.1) is 12.6 Å². The summed E-state index contributed by atoms with van der Waals surface area (Å²) in [5, 5.41) is 16.7. The van der Waals surface area contributed by atoms with Crippen LogP contribution in [-0.4, -0.2) is 66.0 Å². The normalized spacial score (nSPS) is 14.6. The SMILES string of the molecule is CCC(C)C(NC(=O)C(N)CCCN=C(N)N)C(=O)NCC(=O)NC(CC(C)C)C(=O)O. The topological polar surface area (TPSA) is 215 Å². The van der Waals surface area contributed by atoms with E-state index in [-0.39, 0.29) is 24.2 Å². The van der Waals surface area contributed by atoms with E-state index >= 15 is 0 Å². The summed E-state index contributed by atoms with van der Waals surface area (Å²) in [5.41, 5.74) is 16.4. The summed E-state index contributed by atoms with van der Waals surface area (Å²) in [6, 6.07) is -2.78. The predicted octanol–water partition coefficient (Wildman–Crippen LogP) is -1.37. The number of amides is 3. The van der Waals surface area contributed by atoms with Crippen LogP contribution < -0.4 is 33.2 Å². The summed E-state index contributed by atoms with van der Waals surface area (Å²) < 4.78 is 0. The molecule has 12 heteroatoms. The minimum absolute atomic E-state index is 0.0422. The van der Waals surface area contributed by atoms with Gasteiger partial charge >= 0.3 is 5.97 Å². The second-order valence-corrected chi connectivity index (χ2v) is 8.23. The van der Waals surface area contributed by atoms with Crippen molar-refractivity contribution in [3.8, 4) is 0 Å². The average molecular weight is 458 g/mol. The fraction of sp³-hybridized carbons (Fsp3) is 0.750. The highest BCUT2D eigenvalue weighted by Crippen LogP contribution is 2.09. The average Bonchev–Trinajstić information content (AvgIpc) is 2.71. The Morgan fingerprint density at radius 2 is 1.66 bits per heavy atom. The maximum atomic E-state index is 12.6. The van der Waals surface area contributed by atoms with Crippen LogP contribution in [0.1, 0.15) is 53.4 Å². The van der Waals surface area contributed by atoms with Crippen LogP contribution in [0.25, 0.3) is 0 Å². The zero-order valence-corrected chi connectivity index (χ0v) is 19.4. The van der Waals surface area contributed by atoms with Crippen molar-refractivity contribution in [3.05, 3.63) is 0 Å². The third-order valence-corrected chi connectivity index (χ3v) is 4.86. The van der Waals surface area contributed by atoms with Gasteiger partial charge in [-0.15, -0.1) is 0 Å². The minimum Gasteiger partial charge on any atom is -0.480 e. The Morgan fingerprint density at radius 3 is 2.16 bits per heavy atom. The van der Waals surface area contributed by atoms with E-state index in [2.05, 4.69) is 20.9 Å². The second kappa shape index (κ2) is 15.0. The van der Waals surface area contributed by atoms with Gasteiger partial charge in [-0.25, -0.2) is 4.79 Å². The lowest BCUT2D eigenvalue weighted by atomic mass is 9.97. The number of aliphatic imine (C=N–C) groups is 1. The van der Waals surface area contributed by atoms with Crippen LogP contribution in [-0.2, 0) is 19.2 Å². The molecule has 0 aromatic carbocycles. The van der Waals surface area contributed by atoms with Gasteiger partial charge in [-0.05, 0) is 31.1 Å². The zero-order valence-electron chi connectivity index (χ0n) is 19.4. The third-order valence-electron chi connectivity index (χ3n) is 4.86. The molecule has 3 amide bonds. The van der Waals surface area contributed by atoms with E-state index in [1.54, 1.807) is 6.92 Å². The highest BCUT2D eigenvalue weighted by Gasteiger charge is 2.28. The molecule has 0 spiro atoms. The summed E-state index contributed by atoms with van der Waals surface area (Å²) in [5.74, 6) is -3.01. The molecule has 0 aliphatic rings. The highest BCUT2D eigenvalue weighted by molar-refractivity contribution is 5.92. The fourth-order valence-electron chi connectivity index (χ4n) is 2.83. The number of guanidine groups is 1. The number of carbonyl (C=O) groups is 4. The van der Waals surface area contributed by atoms with Crippen molar-refractivity contribution >= 4 is 29.7 Å². The van der Waals surface area contributed by atoms with Crippen LogP contribution in [0.3, 0.4) is 0 Å². The van der Waals surface area contributed by atoms with Gasteiger partial charge in [0.2, 0.25) is 17.7 Å². The molecule has 0 heterocycles. The van der Waals surface area contributed by atoms with Crippen molar-refractivity contribution in [1.82, 2.24) is 16.0 Å². The van der Waals surface area contributed by atoms with Gasteiger partial charge in [0.1, 0.15) is 12.1 Å². The van der Waals surface area contributed by atoms with Gasteiger partial charge in [0.25, 0.3) is 0 Å². The monoisotopic (exact) mass is 457 g/mol. The largest absolute Gasteiger partial charge is 0.480 e. The van der Waals surface area contributed by atoms with E-state index in [4.69, 9.17) is 17.2 Å². The van der Waals surface area contributed by atoms with Crippen LogP contribution >= 0.6 is 0 Å². The quantitative estimate of drug-likeness (QED) is 0.0882. The fourth-order valence-corrected chi connectivity index (χ4v) is 2.83. The zero-order chi connectivity index (χ0) is 24.8. The Bertz CT molecular complexity index is 665. The van der Waals surface area contributed by atoms with Crippen LogP contribution in [0.4, 0.5) is 0 Å². The molecule has 0 saturated heterocycles. The molecule has 0 saturated carbocycles. The van der Waals surface area contributed by atoms with E-state index in [1.807, 2.05) is 20.8 Å². The first-order valence-corrected chi connectivity index (χ1v) is 10.8. The number of carboxylic acid groups (broad SMARTS) is 1. The summed E-state index contributed by atoms with van der Waals surface area (Å²) >= 11 is 0. The summed E-state index contributed by atoms with van der Waals surface area (Å²) in [7, 11) is 0. The van der Waals surface area contributed by atoms with Crippen molar-refractivity contribution in [2.24, 2.45) is 34.0 Å². The molecule has 0 radical (unpaired) electrons. The summed E-state index contributed by atoms with van der Waals surface area (Å²) in [6.45, 7) is 7.26. The Hall–Kier alpha value is -2.89. The number of nitrogens with zero attached hydrogens (tertiary/aromatic N) is 1. The van der Waals surface area contributed by atoms with Crippen molar-refractivity contribution in [1.29, 1.82) is 0 Å². The standard InChI is InChI=1S/C20H39N7O5/c1-5-12(4)16(27-17(29)13(21)7-6-8-24-20(22)23)18(30)25-10-15(28)26-14(19(31)32)9-11(2)3/h11-14,16H,5-10,21H2,1-4H3,(H,25,30)(H,26,28)(H,27,29)(H,31,32)(H4,22,23,24). The van der Waals surface area contributed by atoms with E-state index in [1.165, 1.54) is 0 Å². The van der Waals surface area contributed by atoms with Gasteiger partial charge in [-0.1, -0.05) is 34.1 Å². The number of carbonyl (C=O) groups excluding carboxylic acids is 3. The molecule has 10 N–H and O–H groups in total. The number of hydrogen-bond donors (Lipinski definition) is 7. The molecule has 0 aromatic heterocycles. The lowest BCUT2D eigenvalue weighted by Gasteiger charge is -2.25. The van der Waals surface area contributed by atoms with E-state index in [0.29, 0.717) is 25.8 Å². The summed E-state index contributed by atoms with van der Waals surface area (Å²) in [6.07, 6.45) is 1.68. The number of carboxylic acids is 1. The van der Waals surface area contributed by atoms with Crippen LogP contribution in [0.2, 0.25) is 0 Å². The first-order chi connectivity index (χ1) is 14.9. The highest BCUT2D eigenvalue weighted by atomic mass is 16.4. The maximum Gasteiger partial charge on any atom is 0.326 e. The van der Waals surface area contributed by atoms with Crippen molar-refractivity contribution in [2.75, 3.05) is 13.1 Å². The van der Waals surface area contributed by atoms with Crippen LogP contribution in [0.5, 0.6) is 0 Å². The predicted molar refractivity (Wildman–Crippen MR) is 121 cm³/mol. The molecule has 0 aliphatic heterocycles. The Balaban J connectivity index is 4.84. The van der Waals surface area contributed by atoms with Gasteiger partial charge < -0.3 is 38.3 Å². The van der Waals surface area contributed by atoms with Gasteiger partial charge in [0, 0.05) is 6.54 Å². The third kappa shape index (κ3) is 12.1. The lowest BCUT2D eigenvalue weighted by molar-refractivity contribution is -0.142. The van der Waals surface area contributed by atoms with Gasteiger partial charge in [-0.3, -0.25) is 19.4 Å². The molecular weight excluding hydrogens is 418 g/mol. The smallest absolute Gasteiger partial charge is 0.326 e.